The van der Waals surface area contributed by atoms with Crippen molar-refractivity contribution in [2.75, 3.05) is 5.32 Å². The number of rotatable bonds is 3. The van der Waals surface area contributed by atoms with Gasteiger partial charge in [-0.15, -0.1) is 0 Å². The Hall–Kier alpha value is -2.54. The number of nitrogens with one attached hydrogen (secondary N) is 2. The third-order valence-electron chi connectivity index (χ3n) is 3.31. The zero-order valence-electron chi connectivity index (χ0n) is 11.3. The van der Waals surface area contributed by atoms with Gasteiger partial charge >= 0.3 is 0 Å². The molecule has 2 N–H and O–H groups in total. The predicted octanol–water partition coefficient (Wildman–Crippen LogP) is 3.27. The van der Waals surface area contributed by atoms with Crippen molar-refractivity contribution in [3.8, 4) is 0 Å². The Bertz CT molecular complexity index is 925. The van der Waals surface area contributed by atoms with Crippen LogP contribution in [0, 0.1) is 0 Å². The molecule has 0 radical (unpaired) electrons. The van der Waals surface area contributed by atoms with Crippen molar-refractivity contribution in [2.24, 2.45) is 0 Å². The van der Waals surface area contributed by atoms with Gasteiger partial charge < -0.3 is 5.32 Å². The number of aromatic nitrogens is 5. The van der Waals surface area contributed by atoms with Gasteiger partial charge in [0.15, 0.2) is 5.65 Å². The van der Waals surface area contributed by atoms with Gasteiger partial charge in [-0.05, 0) is 36.2 Å². The van der Waals surface area contributed by atoms with Crippen molar-refractivity contribution >= 4 is 44.3 Å². The molecule has 0 fully saturated rings. The highest BCUT2D eigenvalue weighted by molar-refractivity contribution is 7.13. The number of hydrogen-bond acceptors (Lipinski definition) is 6. The molecule has 0 bridgehead atoms. The average Bonchev–Trinajstić information content (AvgIpc) is 3.11. The Labute approximate surface area is 124 Å². The largest absolute Gasteiger partial charge is 0.339 e. The second-order valence-electron chi connectivity index (χ2n) is 4.65. The van der Waals surface area contributed by atoms with Crippen molar-refractivity contribution in [3.63, 3.8) is 0 Å². The summed E-state index contributed by atoms with van der Waals surface area (Å²) in [6.07, 6.45) is 4.44. The lowest BCUT2D eigenvalue weighted by Gasteiger charge is -2.03. The summed E-state index contributed by atoms with van der Waals surface area (Å²) in [5.41, 5.74) is 3.64. The number of H-pyrrole nitrogens is 1. The molecule has 0 aromatic carbocycles. The van der Waals surface area contributed by atoms with E-state index < -0.39 is 0 Å². The van der Waals surface area contributed by atoms with Crippen LogP contribution < -0.4 is 5.32 Å². The zero-order chi connectivity index (χ0) is 14.2. The summed E-state index contributed by atoms with van der Waals surface area (Å²) in [6, 6.07) is 5.92. The van der Waals surface area contributed by atoms with Gasteiger partial charge in [0.25, 0.3) is 0 Å². The highest BCUT2D eigenvalue weighted by Gasteiger charge is 2.09. The van der Waals surface area contributed by atoms with Gasteiger partial charge in [-0.2, -0.15) is 9.47 Å². The van der Waals surface area contributed by atoms with Gasteiger partial charge in [-0.3, -0.25) is 10.1 Å². The molecule has 0 aliphatic carbocycles. The fourth-order valence-electron chi connectivity index (χ4n) is 2.27. The number of nitrogens with zero attached hydrogens (tertiary/aromatic N) is 4. The van der Waals surface area contributed by atoms with Gasteiger partial charge in [0.05, 0.1) is 27.7 Å². The average molecular weight is 296 g/mol. The van der Waals surface area contributed by atoms with Crippen LogP contribution in [0.3, 0.4) is 0 Å². The summed E-state index contributed by atoms with van der Waals surface area (Å²) in [5.74, 6) is 0.819. The molecule has 0 aliphatic heterocycles. The van der Waals surface area contributed by atoms with Crippen molar-refractivity contribution in [1.82, 2.24) is 24.5 Å². The molecule has 0 saturated heterocycles. The summed E-state index contributed by atoms with van der Waals surface area (Å²) in [6.45, 7) is 2.09. The molecule has 4 rings (SSSR count). The summed E-state index contributed by atoms with van der Waals surface area (Å²) < 4.78 is 5.51. The first-order chi connectivity index (χ1) is 10.3. The molecule has 0 unspecified atom stereocenters. The Morgan fingerprint density at radius 1 is 1.33 bits per heavy atom. The van der Waals surface area contributed by atoms with Crippen LogP contribution in [0.2, 0.25) is 0 Å². The number of pyridine rings is 2. The van der Waals surface area contributed by atoms with Gasteiger partial charge in [-0.25, -0.2) is 4.98 Å². The van der Waals surface area contributed by atoms with Crippen molar-refractivity contribution in [2.45, 2.75) is 13.3 Å². The third-order valence-corrected chi connectivity index (χ3v) is 4.13. The molecule has 21 heavy (non-hydrogen) atoms. The minimum absolute atomic E-state index is 0.695. The molecule has 0 spiro atoms. The van der Waals surface area contributed by atoms with Crippen LogP contribution in [-0.4, -0.2) is 24.5 Å². The monoisotopic (exact) mass is 296 g/mol. The molecule has 104 valence electrons. The van der Waals surface area contributed by atoms with Crippen LogP contribution in [0.4, 0.5) is 11.5 Å². The van der Waals surface area contributed by atoms with E-state index in [2.05, 4.69) is 42.8 Å². The molecule has 0 atom stereocenters. The smallest absolute Gasteiger partial charge is 0.183 e. The first-order valence-electron chi connectivity index (χ1n) is 6.65. The van der Waals surface area contributed by atoms with Crippen LogP contribution in [0.15, 0.2) is 30.6 Å². The van der Waals surface area contributed by atoms with E-state index in [0.717, 1.165) is 39.2 Å². The number of aromatic amines is 1. The molecule has 0 saturated carbocycles. The van der Waals surface area contributed by atoms with E-state index in [1.54, 1.807) is 6.20 Å². The van der Waals surface area contributed by atoms with Gasteiger partial charge in [-0.1, -0.05) is 6.92 Å². The first-order valence-corrected chi connectivity index (χ1v) is 7.43. The summed E-state index contributed by atoms with van der Waals surface area (Å²) in [5, 5.41) is 11.4. The molecule has 4 aromatic heterocycles. The maximum atomic E-state index is 4.51. The third kappa shape index (κ3) is 2.02. The molecule has 0 amide bonds. The Morgan fingerprint density at radius 2 is 2.29 bits per heavy atom. The maximum Gasteiger partial charge on any atom is 0.183 e. The lowest BCUT2D eigenvalue weighted by atomic mass is 10.2. The fourth-order valence-corrected chi connectivity index (χ4v) is 3.13. The fraction of sp³-hybridized carbons (Fsp3) is 0.143. The van der Waals surface area contributed by atoms with Crippen LogP contribution in [-0.2, 0) is 6.42 Å². The number of hydrogen-bond donors (Lipinski definition) is 2. The second kappa shape index (κ2) is 4.78. The van der Waals surface area contributed by atoms with Gasteiger partial charge in [0, 0.05) is 6.20 Å². The van der Waals surface area contributed by atoms with E-state index in [-0.39, 0.29) is 0 Å². The van der Waals surface area contributed by atoms with Crippen molar-refractivity contribution in [3.05, 3.63) is 36.3 Å². The van der Waals surface area contributed by atoms with Crippen molar-refractivity contribution < 1.29 is 0 Å². The molecule has 4 aromatic rings. The molecule has 0 aliphatic rings. The quantitative estimate of drug-likeness (QED) is 0.606. The topological polar surface area (TPSA) is 79.4 Å². The van der Waals surface area contributed by atoms with E-state index in [4.69, 9.17) is 0 Å². The van der Waals surface area contributed by atoms with E-state index in [9.17, 15) is 0 Å². The molecule has 7 heteroatoms. The summed E-state index contributed by atoms with van der Waals surface area (Å²) >= 11 is 1.48. The lowest BCUT2D eigenvalue weighted by Crippen LogP contribution is -1.92. The standard InChI is InChI=1S/C14H12N6S/c1-2-10-12-11(21-20-10)6-8(7-16-12)17-14-9-4-3-5-15-13(9)18-19-14/h3-7H,2H2,1H3,(H2,15,17,18,19). The van der Waals surface area contributed by atoms with Crippen LogP contribution in [0.1, 0.15) is 12.6 Å². The van der Waals surface area contributed by atoms with E-state index >= 15 is 0 Å². The predicted molar refractivity (Wildman–Crippen MR) is 84.0 cm³/mol. The minimum atomic E-state index is 0.695. The number of aryl methyl sites for hydroxylation is 1. The normalized spacial score (nSPS) is 11.3. The van der Waals surface area contributed by atoms with Crippen LogP contribution >= 0.6 is 11.5 Å². The molecular weight excluding hydrogens is 284 g/mol. The van der Waals surface area contributed by atoms with E-state index in [0.29, 0.717) is 5.65 Å². The Morgan fingerprint density at radius 3 is 3.19 bits per heavy atom. The van der Waals surface area contributed by atoms with Gasteiger partial charge in [0.2, 0.25) is 0 Å². The first kappa shape index (κ1) is 12.2. The SMILES string of the molecule is CCc1nsc2cc(Nc3[nH]nc4ncccc34)cnc12. The highest BCUT2D eigenvalue weighted by atomic mass is 32.1. The number of fused-ring (bicyclic) bond motifs is 2. The van der Waals surface area contributed by atoms with Crippen LogP contribution in [0.5, 0.6) is 0 Å². The minimum Gasteiger partial charge on any atom is -0.339 e. The molecule has 4 heterocycles. The summed E-state index contributed by atoms with van der Waals surface area (Å²) in [4.78, 5) is 8.71. The zero-order valence-corrected chi connectivity index (χ0v) is 12.1. The Balaban J connectivity index is 1.73. The van der Waals surface area contributed by atoms with E-state index in [1.807, 2.05) is 18.3 Å². The van der Waals surface area contributed by atoms with Crippen molar-refractivity contribution in [1.29, 1.82) is 0 Å². The van der Waals surface area contributed by atoms with Crippen LogP contribution in [0.25, 0.3) is 21.3 Å². The van der Waals surface area contributed by atoms with Gasteiger partial charge in [0.1, 0.15) is 11.3 Å². The Kier molecular flexibility index (Phi) is 2.78. The second-order valence-corrected chi connectivity index (χ2v) is 5.46. The lowest BCUT2D eigenvalue weighted by molar-refractivity contribution is 1.09. The molecular formula is C14H12N6S. The highest BCUT2D eigenvalue weighted by Crippen LogP contribution is 2.27. The summed E-state index contributed by atoms with van der Waals surface area (Å²) in [7, 11) is 0. The molecule has 6 nitrogen and oxygen atoms in total. The maximum absolute atomic E-state index is 4.51. The van der Waals surface area contributed by atoms with E-state index in [1.165, 1.54) is 11.5 Å². The number of anilines is 2.